The van der Waals surface area contributed by atoms with Crippen LogP contribution in [-0.4, -0.2) is 37.5 Å². The molecule has 2 rings (SSSR count). The van der Waals surface area contributed by atoms with Crippen LogP contribution in [-0.2, 0) is 14.3 Å². The molecule has 1 atom stereocenters. The van der Waals surface area contributed by atoms with Gasteiger partial charge in [-0.1, -0.05) is 50.2 Å². The molecule has 0 radical (unpaired) electrons. The smallest absolute Gasteiger partial charge is 0.345 e. The topological polar surface area (TPSA) is 55.8 Å². The molecule has 0 unspecified atom stereocenters. The van der Waals surface area contributed by atoms with E-state index in [4.69, 9.17) is 9.47 Å². The van der Waals surface area contributed by atoms with E-state index < -0.39 is 12.1 Å². The molecule has 0 saturated carbocycles. The lowest BCUT2D eigenvalue weighted by Gasteiger charge is -2.21. The summed E-state index contributed by atoms with van der Waals surface area (Å²) in [5.41, 5.74) is 2.98. The molecule has 5 heteroatoms. The number of benzene rings is 2. The molecule has 0 heterocycles. The number of ether oxygens (including phenoxy) is 2. The van der Waals surface area contributed by atoms with E-state index >= 15 is 0 Å². The van der Waals surface area contributed by atoms with Crippen molar-refractivity contribution in [3.05, 3.63) is 65.2 Å². The molecule has 1 amide bonds. The highest BCUT2D eigenvalue weighted by atomic mass is 16.6. The van der Waals surface area contributed by atoms with E-state index in [2.05, 4.69) is 13.8 Å². The minimum absolute atomic E-state index is 0.259. The molecule has 0 aliphatic rings. The number of hydrogen-bond acceptors (Lipinski definition) is 4. The van der Waals surface area contributed by atoms with Crippen molar-refractivity contribution in [1.82, 2.24) is 4.90 Å². The number of rotatable bonds is 7. The first-order valence-corrected chi connectivity index (χ1v) is 8.98. The number of hydrogen-bond donors (Lipinski definition) is 0. The Morgan fingerprint density at radius 1 is 1.04 bits per heavy atom. The SMILES string of the molecule is Cc1cc(OCC(=O)O[C@H](C(=O)N(C)C)c2ccccc2)ccc1C(C)C. The van der Waals surface area contributed by atoms with Crippen molar-refractivity contribution in [1.29, 1.82) is 0 Å². The van der Waals surface area contributed by atoms with Gasteiger partial charge < -0.3 is 14.4 Å². The van der Waals surface area contributed by atoms with Crippen molar-refractivity contribution in [3.63, 3.8) is 0 Å². The van der Waals surface area contributed by atoms with Gasteiger partial charge in [0.25, 0.3) is 5.91 Å². The maximum atomic E-state index is 12.4. The molecule has 27 heavy (non-hydrogen) atoms. The molecule has 0 aliphatic carbocycles. The van der Waals surface area contributed by atoms with Gasteiger partial charge in [-0.25, -0.2) is 4.79 Å². The first-order valence-electron chi connectivity index (χ1n) is 8.98. The van der Waals surface area contributed by atoms with Crippen molar-refractivity contribution in [3.8, 4) is 5.75 Å². The number of carbonyl (C=O) groups is 2. The molecule has 0 fully saturated rings. The summed E-state index contributed by atoms with van der Waals surface area (Å²) in [5.74, 6) is 0.132. The van der Waals surface area contributed by atoms with Gasteiger partial charge in [-0.2, -0.15) is 0 Å². The summed E-state index contributed by atoms with van der Waals surface area (Å²) in [6.45, 7) is 6.02. The molecule has 0 N–H and O–H groups in total. The summed E-state index contributed by atoms with van der Waals surface area (Å²) in [7, 11) is 3.25. The van der Waals surface area contributed by atoms with Crippen LogP contribution in [0, 0.1) is 6.92 Å². The van der Waals surface area contributed by atoms with E-state index in [-0.39, 0.29) is 12.5 Å². The second-order valence-corrected chi connectivity index (χ2v) is 6.98. The lowest BCUT2D eigenvalue weighted by atomic mass is 9.98. The van der Waals surface area contributed by atoms with E-state index in [0.717, 1.165) is 5.56 Å². The highest BCUT2D eigenvalue weighted by Gasteiger charge is 2.26. The fraction of sp³-hybridized carbons (Fsp3) is 0.364. The van der Waals surface area contributed by atoms with E-state index in [1.54, 1.807) is 38.4 Å². The van der Waals surface area contributed by atoms with Gasteiger partial charge in [0.1, 0.15) is 5.75 Å². The number of carbonyl (C=O) groups excluding carboxylic acids is 2. The fourth-order valence-corrected chi connectivity index (χ4v) is 2.82. The molecule has 0 bridgehead atoms. The Kier molecular flexibility index (Phi) is 6.99. The molecule has 5 nitrogen and oxygen atoms in total. The molecule has 0 saturated heterocycles. The standard InChI is InChI=1S/C22H27NO4/c1-15(2)19-12-11-18(13-16(19)3)26-14-20(24)27-21(22(25)23(4)5)17-9-7-6-8-10-17/h6-13,15,21H,14H2,1-5H3/t21-/m0/s1. The summed E-state index contributed by atoms with van der Waals surface area (Å²) >= 11 is 0. The van der Waals surface area contributed by atoms with Crippen molar-refractivity contribution >= 4 is 11.9 Å². The molecule has 0 aromatic heterocycles. The van der Waals surface area contributed by atoms with E-state index in [1.807, 2.05) is 31.2 Å². The van der Waals surface area contributed by atoms with Crippen LogP contribution in [0.2, 0.25) is 0 Å². The van der Waals surface area contributed by atoms with E-state index in [1.165, 1.54) is 10.5 Å². The number of nitrogens with zero attached hydrogens (tertiary/aromatic N) is 1. The molecular formula is C22H27NO4. The molecular weight excluding hydrogens is 342 g/mol. The Balaban J connectivity index is 2.04. The minimum atomic E-state index is -0.984. The Bertz CT molecular complexity index is 784. The highest BCUT2D eigenvalue weighted by molar-refractivity contribution is 5.85. The lowest BCUT2D eigenvalue weighted by molar-refractivity contribution is -0.161. The predicted molar refractivity (Wildman–Crippen MR) is 105 cm³/mol. The molecule has 2 aromatic carbocycles. The first kappa shape index (κ1) is 20.5. The van der Waals surface area contributed by atoms with Gasteiger partial charge in [0, 0.05) is 19.7 Å². The fourth-order valence-electron chi connectivity index (χ4n) is 2.82. The molecule has 2 aromatic rings. The van der Waals surface area contributed by atoms with Crippen LogP contribution >= 0.6 is 0 Å². The van der Waals surface area contributed by atoms with Crippen LogP contribution in [0.15, 0.2) is 48.5 Å². The van der Waals surface area contributed by atoms with Crippen LogP contribution in [0.4, 0.5) is 0 Å². The Morgan fingerprint density at radius 2 is 1.70 bits per heavy atom. The highest BCUT2D eigenvalue weighted by Crippen LogP contribution is 2.24. The van der Waals surface area contributed by atoms with Gasteiger partial charge in [-0.05, 0) is 36.1 Å². The van der Waals surface area contributed by atoms with Crippen LogP contribution in [0.5, 0.6) is 5.75 Å². The van der Waals surface area contributed by atoms with Crippen LogP contribution in [0.3, 0.4) is 0 Å². The Labute approximate surface area is 160 Å². The van der Waals surface area contributed by atoms with Gasteiger partial charge in [-0.3, -0.25) is 4.79 Å². The normalized spacial score (nSPS) is 11.8. The number of amides is 1. The zero-order valence-corrected chi connectivity index (χ0v) is 16.6. The van der Waals surface area contributed by atoms with Gasteiger partial charge in [0.2, 0.25) is 6.10 Å². The van der Waals surface area contributed by atoms with Crippen molar-refractivity contribution in [2.45, 2.75) is 32.8 Å². The van der Waals surface area contributed by atoms with E-state index in [9.17, 15) is 9.59 Å². The first-order chi connectivity index (χ1) is 12.8. The molecule has 0 spiro atoms. The molecule has 0 aliphatic heterocycles. The summed E-state index contributed by atoms with van der Waals surface area (Å²) in [6, 6.07) is 14.7. The second-order valence-electron chi connectivity index (χ2n) is 6.98. The van der Waals surface area contributed by atoms with Crippen LogP contribution in [0.25, 0.3) is 0 Å². The van der Waals surface area contributed by atoms with E-state index in [0.29, 0.717) is 17.2 Å². The Hall–Kier alpha value is -2.82. The summed E-state index contributed by atoms with van der Waals surface area (Å²) < 4.78 is 11.0. The zero-order chi connectivity index (χ0) is 20.0. The maximum absolute atomic E-state index is 12.4. The predicted octanol–water partition coefficient (Wildman–Crippen LogP) is 3.87. The number of aryl methyl sites for hydroxylation is 1. The average molecular weight is 369 g/mol. The summed E-state index contributed by atoms with van der Waals surface area (Å²) in [6.07, 6.45) is -0.984. The maximum Gasteiger partial charge on any atom is 0.345 e. The largest absolute Gasteiger partial charge is 0.482 e. The van der Waals surface area contributed by atoms with Gasteiger partial charge in [0.05, 0.1) is 0 Å². The Morgan fingerprint density at radius 3 is 2.26 bits per heavy atom. The average Bonchev–Trinajstić information content (AvgIpc) is 2.64. The van der Waals surface area contributed by atoms with Crippen molar-refractivity contribution < 1.29 is 19.1 Å². The third-order valence-corrected chi connectivity index (χ3v) is 4.24. The minimum Gasteiger partial charge on any atom is -0.482 e. The second kappa shape index (κ2) is 9.21. The summed E-state index contributed by atoms with van der Waals surface area (Å²) in [5, 5.41) is 0. The lowest BCUT2D eigenvalue weighted by Crippen LogP contribution is -2.32. The zero-order valence-electron chi connectivity index (χ0n) is 16.6. The number of esters is 1. The van der Waals surface area contributed by atoms with Crippen molar-refractivity contribution in [2.75, 3.05) is 20.7 Å². The third kappa shape index (κ3) is 5.58. The summed E-state index contributed by atoms with van der Waals surface area (Å²) in [4.78, 5) is 26.1. The van der Waals surface area contributed by atoms with Crippen molar-refractivity contribution in [2.24, 2.45) is 0 Å². The van der Waals surface area contributed by atoms with Gasteiger partial charge in [0.15, 0.2) is 6.61 Å². The van der Waals surface area contributed by atoms with Crippen LogP contribution in [0.1, 0.15) is 42.6 Å². The van der Waals surface area contributed by atoms with Gasteiger partial charge >= 0.3 is 5.97 Å². The number of likely N-dealkylation sites (N-methyl/N-ethyl adjacent to an activating group) is 1. The quantitative estimate of drug-likeness (QED) is 0.695. The molecule has 144 valence electrons. The third-order valence-electron chi connectivity index (χ3n) is 4.24. The van der Waals surface area contributed by atoms with Crippen LogP contribution < -0.4 is 4.74 Å². The van der Waals surface area contributed by atoms with Gasteiger partial charge in [-0.15, -0.1) is 0 Å². The monoisotopic (exact) mass is 369 g/mol.